The zero-order valence-electron chi connectivity index (χ0n) is 15.7. The van der Waals surface area contributed by atoms with E-state index in [1.807, 2.05) is 16.9 Å². The van der Waals surface area contributed by atoms with Gasteiger partial charge in [-0.3, -0.25) is 4.68 Å². The minimum Gasteiger partial charge on any atom is -0.332 e. The monoisotopic (exact) mass is 395 g/mol. The molecule has 27 heavy (non-hydrogen) atoms. The molecular weight excluding hydrogens is 366 g/mol. The number of nitrogens with zero attached hydrogens (tertiary/aromatic N) is 4. The van der Waals surface area contributed by atoms with E-state index in [1.54, 1.807) is 9.21 Å². The highest BCUT2D eigenvalue weighted by atomic mass is 32.2. The van der Waals surface area contributed by atoms with Crippen molar-refractivity contribution in [2.75, 3.05) is 25.4 Å². The Bertz CT molecular complexity index is 772. The van der Waals surface area contributed by atoms with Crippen molar-refractivity contribution < 1.29 is 13.2 Å². The molecule has 0 aromatic carbocycles. The number of amides is 2. The number of urea groups is 1. The molecule has 1 unspecified atom stereocenters. The summed E-state index contributed by atoms with van der Waals surface area (Å²) >= 11 is 0. The van der Waals surface area contributed by atoms with Crippen molar-refractivity contribution in [1.82, 2.24) is 24.3 Å². The number of hydrogen-bond acceptors (Lipinski definition) is 4. The molecule has 1 aromatic heterocycles. The molecule has 1 aliphatic carbocycles. The summed E-state index contributed by atoms with van der Waals surface area (Å²) < 4.78 is 27.9. The van der Waals surface area contributed by atoms with E-state index in [1.165, 1.54) is 25.7 Å². The standard InChI is InChI=1S/C18H29N5O3S/c24-18(19-13-15-8-11-22(20-15)16-5-1-2-6-16)21-9-3-7-17(14-21)23-10-4-12-27(23,25)26/h8,11,16-17H,1-7,9-10,12-14H2,(H,19,24). The zero-order valence-corrected chi connectivity index (χ0v) is 16.5. The summed E-state index contributed by atoms with van der Waals surface area (Å²) in [6, 6.07) is 2.25. The van der Waals surface area contributed by atoms with Crippen LogP contribution >= 0.6 is 0 Å². The van der Waals surface area contributed by atoms with Gasteiger partial charge in [-0.05, 0) is 38.2 Å². The first-order chi connectivity index (χ1) is 13.0. The quantitative estimate of drug-likeness (QED) is 0.841. The number of aromatic nitrogens is 2. The van der Waals surface area contributed by atoms with Crippen LogP contribution in [-0.2, 0) is 16.6 Å². The molecule has 3 heterocycles. The van der Waals surface area contributed by atoms with E-state index in [0.717, 1.165) is 18.5 Å². The van der Waals surface area contributed by atoms with Gasteiger partial charge in [0.15, 0.2) is 0 Å². The van der Waals surface area contributed by atoms with Gasteiger partial charge in [-0.2, -0.15) is 9.40 Å². The molecule has 1 aromatic rings. The molecule has 3 aliphatic rings. The topological polar surface area (TPSA) is 87.5 Å². The van der Waals surface area contributed by atoms with Crippen LogP contribution in [0.4, 0.5) is 4.79 Å². The molecule has 4 rings (SSSR count). The Hall–Kier alpha value is -1.61. The van der Waals surface area contributed by atoms with E-state index < -0.39 is 10.0 Å². The molecule has 1 saturated carbocycles. The molecule has 3 fully saturated rings. The first kappa shape index (κ1) is 18.7. The highest BCUT2D eigenvalue weighted by Crippen LogP contribution is 2.28. The molecule has 1 atom stereocenters. The molecule has 2 amide bonds. The predicted octanol–water partition coefficient (Wildman–Crippen LogP) is 1.71. The number of piperidine rings is 1. The Balaban J connectivity index is 1.30. The van der Waals surface area contributed by atoms with Crippen LogP contribution in [0.5, 0.6) is 0 Å². The van der Waals surface area contributed by atoms with Gasteiger partial charge in [0.05, 0.1) is 24.0 Å². The molecule has 0 radical (unpaired) electrons. The van der Waals surface area contributed by atoms with Crippen LogP contribution < -0.4 is 5.32 Å². The minimum absolute atomic E-state index is 0.0847. The van der Waals surface area contributed by atoms with Crippen LogP contribution in [-0.4, -0.2) is 64.9 Å². The Kier molecular flexibility index (Phi) is 5.41. The summed E-state index contributed by atoms with van der Waals surface area (Å²) in [4.78, 5) is 14.3. The lowest BCUT2D eigenvalue weighted by Crippen LogP contribution is -2.52. The number of carbonyl (C=O) groups is 1. The van der Waals surface area contributed by atoms with Gasteiger partial charge in [0.2, 0.25) is 10.0 Å². The van der Waals surface area contributed by atoms with Gasteiger partial charge >= 0.3 is 6.03 Å². The van der Waals surface area contributed by atoms with Crippen molar-refractivity contribution in [3.8, 4) is 0 Å². The Morgan fingerprint density at radius 2 is 1.89 bits per heavy atom. The number of nitrogens with one attached hydrogen (secondary N) is 1. The van der Waals surface area contributed by atoms with Gasteiger partial charge < -0.3 is 10.2 Å². The lowest BCUT2D eigenvalue weighted by Gasteiger charge is -2.36. The van der Waals surface area contributed by atoms with Crippen LogP contribution in [0.1, 0.15) is 56.7 Å². The average Bonchev–Trinajstić information content (AvgIpc) is 3.40. The van der Waals surface area contributed by atoms with Crippen molar-refractivity contribution in [3.05, 3.63) is 18.0 Å². The summed E-state index contributed by atoms with van der Waals surface area (Å²) in [6.07, 6.45) is 9.25. The fourth-order valence-corrected chi connectivity index (χ4v) is 6.33. The fourth-order valence-electron chi connectivity index (χ4n) is 4.56. The fraction of sp³-hybridized carbons (Fsp3) is 0.778. The van der Waals surface area contributed by atoms with Crippen molar-refractivity contribution in [2.24, 2.45) is 0 Å². The summed E-state index contributed by atoms with van der Waals surface area (Å²) in [5.41, 5.74) is 0.867. The molecule has 1 N–H and O–H groups in total. The third-order valence-electron chi connectivity index (χ3n) is 6.01. The Morgan fingerprint density at radius 1 is 1.11 bits per heavy atom. The summed E-state index contributed by atoms with van der Waals surface area (Å²) in [6.45, 7) is 2.14. The van der Waals surface area contributed by atoms with Crippen LogP contribution in [0, 0.1) is 0 Å². The van der Waals surface area contributed by atoms with Gasteiger partial charge in [-0.25, -0.2) is 13.2 Å². The number of hydrogen-bond donors (Lipinski definition) is 1. The second-order valence-corrected chi connectivity index (χ2v) is 9.95. The molecule has 9 heteroatoms. The van der Waals surface area contributed by atoms with Gasteiger partial charge in [0.1, 0.15) is 0 Å². The van der Waals surface area contributed by atoms with Gasteiger partial charge in [0, 0.05) is 31.9 Å². The molecule has 150 valence electrons. The maximum atomic E-state index is 12.6. The highest BCUT2D eigenvalue weighted by molar-refractivity contribution is 7.89. The van der Waals surface area contributed by atoms with Crippen LogP contribution in [0.2, 0.25) is 0 Å². The molecular formula is C18H29N5O3S. The van der Waals surface area contributed by atoms with Crippen molar-refractivity contribution in [1.29, 1.82) is 0 Å². The van der Waals surface area contributed by atoms with Crippen LogP contribution in [0.15, 0.2) is 12.3 Å². The van der Waals surface area contributed by atoms with E-state index >= 15 is 0 Å². The van der Waals surface area contributed by atoms with Crippen molar-refractivity contribution >= 4 is 16.1 Å². The third kappa shape index (κ3) is 4.13. The lowest BCUT2D eigenvalue weighted by atomic mass is 10.1. The first-order valence-corrected chi connectivity index (χ1v) is 11.7. The van der Waals surface area contributed by atoms with E-state index in [2.05, 4.69) is 10.4 Å². The second-order valence-electron chi connectivity index (χ2n) is 7.91. The zero-order chi connectivity index (χ0) is 18.9. The van der Waals surface area contributed by atoms with Gasteiger partial charge in [-0.15, -0.1) is 0 Å². The Labute approximate surface area is 160 Å². The second kappa shape index (κ2) is 7.79. The Morgan fingerprint density at radius 3 is 2.63 bits per heavy atom. The summed E-state index contributed by atoms with van der Waals surface area (Å²) in [7, 11) is -3.13. The third-order valence-corrected chi connectivity index (χ3v) is 8.01. The molecule has 0 bridgehead atoms. The number of rotatable bonds is 4. The lowest BCUT2D eigenvalue weighted by molar-refractivity contribution is 0.152. The molecule has 0 spiro atoms. The van der Waals surface area contributed by atoms with E-state index in [9.17, 15) is 13.2 Å². The number of sulfonamides is 1. The summed E-state index contributed by atoms with van der Waals surface area (Å²) in [5, 5.41) is 7.55. The average molecular weight is 396 g/mol. The highest BCUT2D eigenvalue weighted by Gasteiger charge is 2.37. The van der Waals surface area contributed by atoms with E-state index in [-0.39, 0.29) is 17.8 Å². The number of likely N-dealkylation sites (tertiary alicyclic amines) is 1. The maximum absolute atomic E-state index is 12.6. The largest absolute Gasteiger partial charge is 0.332 e. The van der Waals surface area contributed by atoms with Crippen LogP contribution in [0.25, 0.3) is 0 Å². The van der Waals surface area contributed by atoms with Gasteiger partial charge in [-0.1, -0.05) is 12.8 Å². The van der Waals surface area contributed by atoms with Crippen molar-refractivity contribution in [3.63, 3.8) is 0 Å². The van der Waals surface area contributed by atoms with Crippen molar-refractivity contribution in [2.45, 2.75) is 63.6 Å². The SMILES string of the molecule is O=C(NCc1ccn(C2CCCC2)n1)N1CCCC(N2CCCS2(=O)=O)C1. The van der Waals surface area contributed by atoms with Crippen LogP contribution in [0.3, 0.4) is 0 Å². The van der Waals surface area contributed by atoms with Gasteiger partial charge in [0.25, 0.3) is 0 Å². The molecule has 8 nitrogen and oxygen atoms in total. The normalized spacial score (nSPS) is 26.5. The molecule has 2 aliphatic heterocycles. The first-order valence-electron chi connectivity index (χ1n) is 10.1. The number of carbonyl (C=O) groups excluding carboxylic acids is 1. The maximum Gasteiger partial charge on any atom is 0.317 e. The minimum atomic E-state index is -3.13. The predicted molar refractivity (Wildman–Crippen MR) is 102 cm³/mol. The van der Waals surface area contributed by atoms with E-state index in [4.69, 9.17) is 0 Å². The molecule has 2 saturated heterocycles. The summed E-state index contributed by atoms with van der Waals surface area (Å²) in [5.74, 6) is 0.235. The smallest absolute Gasteiger partial charge is 0.317 e. The van der Waals surface area contributed by atoms with E-state index in [0.29, 0.717) is 38.6 Å².